The summed E-state index contributed by atoms with van der Waals surface area (Å²) < 4.78 is 10.8. The van der Waals surface area contributed by atoms with Gasteiger partial charge >= 0.3 is 6.03 Å². The molecule has 7 nitrogen and oxygen atoms in total. The first-order chi connectivity index (χ1) is 10.5. The number of nitrogens with zero attached hydrogens (tertiary/aromatic N) is 1. The Morgan fingerprint density at radius 3 is 2.55 bits per heavy atom. The van der Waals surface area contributed by atoms with Crippen molar-refractivity contribution < 1.29 is 19.1 Å². The van der Waals surface area contributed by atoms with Crippen LogP contribution >= 0.6 is 0 Å². The summed E-state index contributed by atoms with van der Waals surface area (Å²) in [5, 5.41) is 10.9. The number of ether oxygens (including phenoxy) is 2. The number of nitrogens with one attached hydrogen (secondary N) is 1. The number of benzene rings is 1. The molecule has 0 heterocycles. The maximum absolute atomic E-state index is 11.7. The summed E-state index contributed by atoms with van der Waals surface area (Å²) in [6.07, 6.45) is 1.32. The molecule has 3 N–H and O–H groups in total. The van der Waals surface area contributed by atoms with Gasteiger partial charge in [0.15, 0.2) is 0 Å². The van der Waals surface area contributed by atoms with E-state index in [0.717, 1.165) is 0 Å². The van der Waals surface area contributed by atoms with Gasteiger partial charge in [-0.15, -0.1) is 0 Å². The summed E-state index contributed by atoms with van der Waals surface area (Å²) in [7, 11) is 0. The van der Waals surface area contributed by atoms with Crippen LogP contribution in [0.25, 0.3) is 6.08 Å². The Balaban J connectivity index is 3.17. The smallest absolute Gasteiger partial charge is 0.319 e. The zero-order valence-electron chi connectivity index (χ0n) is 12.4. The topological polar surface area (TPSA) is 114 Å². The van der Waals surface area contributed by atoms with Crippen LogP contribution in [0.3, 0.4) is 0 Å². The van der Waals surface area contributed by atoms with Crippen LogP contribution in [0.1, 0.15) is 19.4 Å². The van der Waals surface area contributed by atoms with E-state index in [-0.39, 0.29) is 5.57 Å². The summed E-state index contributed by atoms with van der Waals surface area (Å²) in [5.41, 5.74) is 5.12. The summed E-state index contributed by atoms with van der Waals surface area (Å²) in [4.78, 5) is 22.3. The van der Waals surface area contributed by atoms with Crippen LogP contribution in [-0.4, -0.2) is 25.2 Å². The fraction of sp³-hybridized carbons (Fsp3) is 0.267. The minimum Gasteiger partial charge on any atom is -0.494 e. The Bertz CT molecular complexity index is 632. The number of amides is 3. The summed E-state index contributed by atoms with van der Waals surface area (Å²) in [6.45, 7) is 4.58. The van der Waals surface area contributed by atoms with Gasteiger partial charge in [0, 0.05) is 11.6 Å². The maximum Gasteiger partial charge on any atom is 0.319 e. The van der Waals surface area contributed by atoms with Gasteiger partial charge in [-0.05, 0) is 32.1 Å². The van der Waals surface area contributed by atoms with E-state index in [1.54, 1.807) is 24.3 Å². The number of carbonyl (C=O) groups excluding carboxylic acids is 2. The number of carbonyl (C=O) groups is 2. The lowest BCUT2D eigenvalue weighted by Crippen LogP contribution is -2.35. The maximum atomic E-state index is 11.7. The standard InChI is InChI=1S/C15H17N3O4/c1-3-21-12-6-5-10(13(8-12)22-4-2)7-11(9-16)14(19)18-15(17)20/h5-8H,3-4H2,1-2H3,(H3,17,18,19,20)/b11-7-. The van der Waals surface area contributed by atoms with Gasteiger partial charge in [0.05, 0.1) is 13.2 Å². The average Bonchev–Trinajstić information content (AvgIpc) is 2.46. The molecule has 0 atom stereocenters. The molecule has 116 valence electrons. The molecule has 0 aliphatic rings. The predicted molar refractivity (Wildman–Crippen MR) is 80.1 cm³/mol. The second-order valence-electron chi connectivity index (χ2n) is 4.05. The number of hydrogen-bond acceptors (Lipinski definition) is 5. The van der Waals surface area contributed by atoms with Gasteiger partial charge in [-0.3, -0.25) is 10.1 Å². The van der Waals surface area contributed by atoms with E-state index < -0.39 is 11.9 Å². The van der Waals surface area contributed by atoms with E-state index in [2.05, 4.69) is 0 Å². The molecule has 1 aromatic carbocycles. The van der Waals surface area contributed by atoms with Crippen LogP contribution < -0.4 is 20.5 Å². The van der Waals surface area contributed by atoms with Gasteiger partial charge in [0.2, 0.25) is 0 Å². The van der Waals surface area contributed by atoms with Gasteiger partial charge in [-0.25, -0.2) is 4.79 Å². The van der Waals surface area contributed by atoms with Crippen molar-refractivity contribution in [2.75, 3.05) is 13.2 Å². The number of hydrogen-bond donors (Lipinski definition) is 2. The molecule has 0 radical (unpaired) electrons. The van der Waals surface area contributed by atoms with Gasteiger partial charge in [-0.1, -0.05) is 0 Å². The van der Waals surface area contributed by atoms with Gasteiger partial charge < -0.3 is 15.2 Å². The van der Waals surface area contributed by atoms with Crippen molar-refractivity contribution >= 4 is 18.0 Å². The monoisotopic (exact) mass is 303 g/mol. The van der Waals surface area contributed by atoms with E-state index in [9.17, 15) is 9.59 Å². The SMILES string of the molecule is CCOc1ccc(/C=C(/C#N)C(=O)NC(N)=O)c(OCC)c1. The van der Waals surface area contributed by atoms with Crippen molar-refractivity contribution in [3.05, 3.63) is 29.3 Å². The highest BCUT2D eigenvalue weighted by atomic mass is 16.5. The third-order valence-corrected chi connectivity index (χ3v) is 2.50. The molecule has 0 aliphatic carbocycles. The number of nitriles is 1. The third kappa shape index (κ3) is 4.83. The Hall–Kier alpha value is -3.01. The summed E-state index contributed by atoms with van der Waals surface area (Å²) in [6, 6.07) is 5.71. The molecule has 0 aromatic heterocycles. The van der Waals surface area contributed by atoms with Crippen LogP contribution in [0.15, 0.2) is 23.8 Å². The molecule has 0 spiro atoms. The van der Waals surface area contributed by atoms with E-state index in [1.165, 1.54) is 6.08 Å². The van der Waals surface area contributed by atoms with E-state index in [4.69, 9.17) is 20.5 Å². The van der Waals surface area contributed by atoms with Crippen LogP contribution in [0.5, 0.6) is 11.5 Å². The van der Waals surface area contributed by atoms with Gasteiger partial charge in [0.25, 0.3) is 5.91 Å². The predicted octanol–water partition coefficient (Wildman–Crippen LogP) is 1.59. The van der Waals surface area contributed by atoms with Crippen LogP contribution in [0.2, 0.25) is 0 Å². The second-order valence-corrected chi connectivity index (χ2v) is 4.05. The molecule has 0 unspecified atom stereocenters. The largest absolute Gasteiger partial charge is 0.494 e. The van der Waals surface area contributed by atoms with Gasteiger partial charge in [-0.2, -0.15) is 5.26 Å². The molecule has 3 amide bonds. The first kappa shape index (κ1) is 17.0. The Morgan fingerprint density at radius 1 is 1.32 bits per heavy atom. The summed E-state index contributed by atoms with van der Waals surface area (Å²) >= 11 is 0. The molecular weight excluding hydrogens is 286 g/mol. The van der Waals surface area contributed by atoms with Crippen molar-refractivity contribution in [1.29, 1.82) is 5.26 Å². The molecule has 22 heavy (non-hydrogen) atoms. The number of imide groups is 1. The molecule has 0 bridgehead atoms. The quantitative estimate of drug-likeness (QED) is 0.611. The Kier molecular flexibility index (Phi) is 6.44. The number of primary amides is 1. The zero-order chi connectivity index (χ0) is 16.5. The molecule has 0 saturated heterocycles. The first-order valence-electron chi connectivity index (χ1n) is 6.64. The molecule has 7 heteroatoms. The Morgan fingerprint density at radius 2 is 2.00 bits per heavy atom. The van der Waals surface area contributed by atoms with Crippen molar-refractivity contribution in [3.8, 4) is 17.6 Å². The minimum atomic E-state index is -1.03. The van der Waals surface area contributed by atoms with Crippen molar-refractivity contribution in [1.82, 2.24) is 5.32 Å². The number of rotatable bonds is 6. The molecular formula is C15H17N3O4. The van der Waals surface area contributed by atoms with Crippen LogP contribution in [0.4, 0.5) is 4.79 Å². The van der Waals surface area contributed by atoms with E-state index in [0.29, 0.717) is 30.3 Å². The lowest BCUT2D eigenvalue weighted by Gasteiger charge is -2.10. The van der Waals surface area contributed by atoms with E-state index in [1.807, 2.05) is 19.2 Å². The van der Waals surface area contributed by atoms with Gasteiger partial charge in [0.1, 0.15) is 23.1 Å². The van der Waals surface area contributed by atoms with Crippen LogP contribution in [0, 0.1) is 11.3 Å². The highest BCUT2D eigenvalue weighted by Crippen LogP contribution is 2.27. The van der Waals surface area contributed by atoms with Crippen LogP contribution in [-0.2, 0) is 4.79 Å². The third-order valence-electron chi connectivity index (χ3n) is 2.50. The van der Waals surface area contributed by atoms with Crippen molar-refractivity contribution in [2.24, 2.45) is 5.73 Å². The molecule has 1 aromatic rings. The lowest BCUT2D eigenvalue weighted by molar-refractivity contribution is -0.115. The number of urea groups is 1. The Labute approximate surface area is 128 Å². The highest BCUT2D eigenvalue weighted by Gasteiger charge is 2.13. The molecule has 0 aliphatic heterocycles. The average molecular weight is 303 g/mol. The summed E-state index contributed by atoms with van der Waals surface area (Å²) in [5.74, 6) is 0.211. The number of nitrogens with two attached hydrogens (primary N) is 1. The fourth-order valence-corrected chi connectivity index (χ4v) is 1.65. The molecule has 1 rings (SSSR count). The second kappa shape index (κ2) is 8.32. The van der Waals surface area contributed by atoms with E-state index >= 15 is 0 Å². The fourth-order valence-electron chi connectivity index (χ4n) is 1.65. The molecule has 0 saturated carbocycles. The first-order valence-corrected chi connectivity index (χ1v) is 6.64. The molecule has 0 fully saturated rings. The normalized spacial score (nSPS) is 10.5. The minimum absolute atomic E-state index is 0.260. The van der Waals surface area contributed by atoms with Crippen molar-refractivity contribution in [2.45, 2.75) is 13.8 Å². The highest BCUT2D eigenvalue weighted by molar-refractivity contribution is 6.08. The van der Waals surface area contributed by atoms with Crippen molar-refractivity contribution in [3.63, 3.8) is 0 Å². The zero-order valence-corrected chi connectivity index (χ0v) is 12.4. The lowest BCUT2D eigenvalue weighted by atomic mass is 10.1.